The Kier molecular flexibility index (Phi) is 4.90. The van der Waals surface area contributed by atoms with Gasteiger partial charge in [0.2, 0.25) is 0 Å². The van der Waals surface area contributed by atoms with E-state index in [0.29, 0.717) is 35.8 Å². The summed E-state index contributed by atoms with van der Waals surface area (Å²) in [6, 6.07) is 12.8. The molecule has 0 atom stereocenters. The third kappa shape index (κ3) is 3.46. The van der Waals surface area contributed by atoms with E-state index in [-0.39, 0.29) is 9.34 Å². The number of anilines is 2. The van der Waals surface area contributed by atoms with E-state index in [1.165, 1.54) is 12.1 Å². The van der Waals surface area contributed by atoms with Crippen LogP contribution < -0.4 is 9.62 Å². The molecule has 12 heteroatoms. The van der Waals surface area contributed by atoms with E-state index in [0.717, 1.165) is 27.6 Å². The Bertz CT molecular complexity index is 1480. The molecule has 2 amide bonds. The smallest absolute Gasteiger partial charge is 0.268 e. The zero-order chi connectivity index (χ0) is 21.9. The molecular formula is C19H9BrClN3O4S3. The minimum absolute atomic E-state index is 0.0738. The van der Waals surface area contributed by atoms with Crippen molar-refractivity contribution in [3.8, 4) is 0 Å². The van der Waals surface area contributed by atoms with Gasteiger partial charge in [0.25, 0.3) is 21.8 Å². The van der Waals surface area contributed by atoms with Crippen molar-refractivity contribution in [1.29, 1.82) is 0 Å². The first kappa shape index (κ1) is 20.6. The molecule has 0 radical (unpaired) electrons. The molecule has 0 saturated carbocycles. The molecule has 0 bridgehead atoms. The molecule has 7 nitrogen and oxygen atoms in total. The van der Waals surface area contributed by atoms with E-state index < -0.39 is 21.8 Å². The molecule has 1 aliphatic rings. The molecular weight excluding hydrogens is 546 g/mol. The molecule has 156 valence electrons. The SMILES string of the molecule is O=C1c2ccccc2C(=O)N1c1cc2sc(NS(=O)(=O)c3ccc(Cl)s3)nc2cc1Br. The van der Waals surface area contributed by atoms with Crippen molar-refractivity contribution in [2.75, 3.05) is 9.62 Å². The Balaban J connectivity index is 1.52. The third-order valence-corrected chi connectivity index (χ3v) is 9.29. The highest BCUT2D eigenvalue weighted by Crippen LogP contribution is 2.39. The van der Waals surface area contributed by atoms with Crippen molar-refractivity contribution in [3.05, 3.63) is 68.5 Å². The highest BCUT2D eigenvalue weighted by molar-refractivity contribution is 9.10. The molecule has 31 heavy (non-hydrogen) atoms. The molecule has 3 heterocycles. The highest BCUT2D eigenvalue weighted by atomic mass is 79.9. The number of fused-ring (bicyclic) bond motifs is 2. The predicted molar refractivity (Wildman–Crippen MR) is 125 cm³/mol. The number of thiophene rings is 1. The van der Waals surface area contributed by atoms with Crippen LogP contribution in [0.4, 0.5) is 10.8 Å². The second-order valence-corrected chi connectivity index (χ2v) is 12.0. The van der Waals surface area contributed by atoms with Gasteiger partial charge in [-0.3, -0.25) is 14.3 Å². The number of amides is 2. The molecule has 0 saturated heterocycles. The number of imide groups is 1. The van der Waals surface area contributed by atoms with Crippen molar-refractivity contribution in [2.24, 2.45) is 0 Å². The van der Waals surface area contributed by atoms with Crippen molar-refractivity contribution < 1.29 is 18.0 Å². The normalized spacial score (nSPS) is 13.8. The average Bonchev–Trinajstić information content (AvgIpc) is 3.39. The number of nitrogens with zero attached hydrogens (tertiary/aromatic N) is 2. The predicted octanol–water partition coefficient (Wildman–Crippen LogP) is 5.38. The number of aromatic nitrogens is 1. The van der Waals surface area contributed by atoms with E-state index >= 15 is 0 Å². The molecule has 1 aliphatic heterocycles. The number of hydrogen-bond donors (Lipinski definition) is 1. The van der Waals surface area contributed by atoms with Crippen LogP contribution >= 0.6 is 50.2 Å². The number of nitrogens with one attached hydrogen (secondary N) is 1. The lowest BCUT2D eigenvalue weighted by atomic mass is 10.1. The fourth-order valence-corrected chi connectivity index (χ4v) is 7.27. The van der Waals surface area contributed by atoms with Gasteiger partial charge in [-0.15, -0.1) is 11.3 Å². The van der Waals surface area contributed by atoms with Crippen LogP contribution in [0.2, 0.25) is 4.34 Å². The number of carbonyl (C=O) groups is 2. The number of thiazole rings is 1. The quantitative estimate of drug-likeness (QED) is 0.342. The number of benzene rings is 2. The summed E-state index contributed by atoms with van der Waals surface area (Å²) >= 11 is 11.3. The Labute approximate surface area is 197 Å². The molecule has 1 N–H and O–H groups in total. The van der Waals surface area contributed by atoms with Crippen LogP contribution in [-0.4, -0.2) is 25.2 Å². The minimum Gasteiger partial charge on any atom is -0.268 e. The van der Waals surface area contributed by atoms with Gasteiger partial charge < -0.3 is 0 Å². The maximum Gasteiger partial charge on any atom is 0.273 e. The third-order valence-electron chi connectivity index (χ3n) is 4.53. The van der Waals surface area contributed by atoms with E-state index in [1.54, 1.807) is 36.4 Å². The van der Waals surface area contributed by atoms with Gasteiger partial charge in [0.05, 0.1) is 31.4 Å². The number of halogens is 2. The lowest BCUT2D eigenvalue weighted by Crippen LogP contribution is -2.29. The van der Waals surface area contributed by atoms with Crippen molar-refractivity contribution in [1.82, 2.24) is 4.98 Å². The fourth-order valence-electron chi connectivity index (χ4n) is 3.17. The maximum absolute atomic E-state index is 12.8. The molecule has 4 aromatic rings. The number of rotatable bonds is 4. The summed E-state index contributed by atoms with van der Waals surface area (Å²) in [6.45, 7) is 0. The summed E-state index contributed by atoms with van der Waals surface area (Å²) in [5.41, 5.74) is 1.56. The fraction of sp³-hybridized carbons (Fsp3) is 0. The first-order chi connectivity index (χ1) is 14.7. The van der Waals surface area contributed by atoms with Gasteiger partial charge in [-0.2, -0.15) is 0 Å². The Morgan fingerprint density at radius 3 is 2.29 bits per heavy atom. The Hall–Kier alpha value is -2.31. The summed E-state index contributed by atoms with van der Waals surface area (Å²) in [7, 11) is -3.83. The van der Waals surface area contributed by atoms with Crippen LogP contribution in [0.3, 0.4) is 0 Å². The van der Waals surface area contributed by atoms with E-state index in [2.05, 4.69) is 25.6 Å². The van der Waals surface area contributed by atoms with Crippen LogP contribution in [0.1, 0.15) is 20.7 Å². The number of sulfonamides is 1. The van der Waals surface area contributed by atoms with E-state index in [1.807, 2.05) is 0 Å². The molecule has 5 rings (SSSR count). The van der Waals surface area contributed by atoms with Gasteiger partial charge in [0, 0.05) is 4.47 Å². The van der Waals surface area contributed by atoms with Crippen LogP contribution in [0.5, 0.6) is 0 Å². The lowest BCUT2D eigenvalue weighted by molar-refractivity contribution is 0.0926. The van der Waals surface area contributed by atoms with Crippen LogP contribution in [0.15, 0.2) is 57.2 Å². The monoisotopic (exact) mass is 553 g/mol. The number of hydrogen-bond acceptors (Lipinski definition) is 7. The molecule has 2 aromatic heterocycles. The summed E-state index contributed by atoms with van der Waals surface area (Å²) in [5, 5.41) is 0.158. The summed E-state index contributed by atoms with van der Waals surface area (Å²) in [4.78, 5) is 31.1. The van der Waals surface area contributed by atoms with Crippen LogP contribution in [0, 0.1) is 0 Å². The van der Waals surface area contributed by atoms with Crippen molar-refractivity contribution in [3.63, 3.8) is 0 Å². The first-order valence-electron chi connectivity index (χ1n) is 8.61. The zero-order valence-corrected chi connectivity index (χ0v) is 19.9. The largest absolute Gasteiger partial charge is 0.273 e. The van der Waals surface area contributed by atoms with Gasteiger partial charge in [-0.25, -0.2) is 18.3 Å². The summed E-state index contributed by atoms with van der Waals surface area (Å²) in [6.07, 6.45) is 0. The van der Waals surface area contributed by atoms with Gasteiger partial charge >= 0.3 is 0 Å². The molecule has 0 aliphatic carbocycles. The van der Waals surface area contributed by atoms with Gasteiger partial charge in [-0.1, -0.05) is 35.1 Å². The second kappa shape index (κ2) is 7.38. The molecule has 0 unspecified atom stereocenters. The first-order valence-corrected chi connectivity index (χ1v) is 12.9. The highest BCUT2D eigenvalue weighted by Gasteiger charge is 2.37. The maximum atomic E-state index is 12.8. The van der Waals surface area contributed by atoms with Crippen molar-refractivity contribution in [2.45, 2.75) is 4.21 Å². The molecule has 0 spiro atoms. The molecule has 2 aromatic carbocycles. The van der Waals surface area contributed by atoms with Crippen LogP contribution in [0.25, 0.3) is 10.2 Å². The Morgan fingerprint density at radius 2 is 1.68 bits per heavy atom. The Morgan fingerprint density at radius 1 is 1.00 bits per heavy atom. The summed E-state index contributed by atoms with van der Waals surface area (Å²) < 4.78 is 29.1. The summed E-state index contributed by atoms with van der Waals surface area (Å²) in [5.74, 6) is -0.832. The van der Waals surface area contributed by atoms with E-state index in [4.69, 9.17) is 11.6 Å². The van der Waals surface area contributed by atoms with Gasteiger partial charge in [0.1, 0.15) is 4.21 Å². The van der Waals surface area contributed by atoms with Gasteiger partial charge in [-0.05, 0) is 52.3 Å². The second-order valence-electron chi connectivity index (χ2n) is 6.45. The van der Waals surface area contributed by atoms with Crippen LogP contribution in [-0.2, 0) is 10.0 Å². The zero-order valence-electron chi connectivity index (χ0n) is 15.1. The average molecular weight is 555 g/mol. The van der Waals surface area contributed by atoms with Crippen molar-refractivity contribution >= 4 is 93.1 Å². The lowest BCUT2D eigenvalue weighted by Gasteiger charge is -2.15. The topological polar surface area (TPSA) is 96.4 Å². The molecule has 0 fully saturated rings. The number of carbonyl (C=O) groups excluding carboxylic acids is 2. The minimum atomic E-state index is -3.83. The standard InChI is InChI=1S/C19H9BrClN3O4S3/c20-11-7-12-14(29-19(22-12)23-31(27,28)16-6-5-15(21)30-16)8-13(11)24-17(25)9-3-1-2-4-10(9)18(24)26/h1-8H,(H,22,23). The van der Waals surface area contributed by atoms with E-state index in [9.17, 15) is 18.0 Å². The van der Waals surface area contributed by atoms with Gasteiger partial charge in [0.15, 0.2) is 5.13 Å².